The lowest BCUT2D eigenvalue weighted by Gasteiger charge is -2.09. The van der Waals surface area contributed by atoms with Crippen LogP contribution in [0.1, 0.15) is 9.67 Å². The van der Waals surface area contributed by atoms with Gasteiger partial charge in [-0.05, 0) is 23.6 Å². The maximum absolute atomic E-state index is 12.0. The summed E-state index contributed by atoms with van der Waals surface area (Å²) < 4.78 is 6.89. The Labute approximate surface area is 118 Å². The van der Waals surface area contributed by atoms with E-state index in [0.717, 1.165) is 10.9 Å². The topological polar surface area (TPSA) is 48.3 Å². The molecule has 20 heavy (non-hydrogen) atoms. The number of carbonyl (C=O) groups excluding carboxylic acids is 1. The Morgan fingerprint density at radius 2 is 2.00 bits per heavy atom. The smallest absolute Gasteiger partial charge is 0.353 e. The standard InChI is InChI=1S/C15H11NO3S/c1-16-11-6-3-2-5-10(11)12(9-14(16)17)19-15(18)13-7-4-8-20-13/h2-9H,1H3. The summed E-state index contributed by atoms with van der Waals surface area (Å²) in [5, 5.41) is 2.54. The van der Waals surface area contributed by atoms with Gasteiger partial charge in [-0.25, -0.2) is 4.79 Å². The van der Waals surface area contributed by atoms with Crippen molar-refractivity contribution >= 4 is 28.2 Å². The van der Waals surface area contributed by atoms with Crippen LogP contribution in [0.4, 0.5) is 0 Å². The van der Waals surface area contributed by atoms with E-state index in [4.69, 9.17) is 4.74 Å². The number of carbonyl (C=O) groups is 1. The van der Waals surface area contributed by atoms with E-state index < -0.39 is 5.97 Å². The van der Waals surface area contributed by atoms with Gasteiger partial charge >= 0.3 is 5.97 Å². The minimum Gasteiger partial charge on any atom is -0.421 e. The molecule has 0 amide bonds. The zero-order valence-corrected chi connectivity index (χ0v) is 11.5. The number of esters is 1. The average molecular weight is 285 g/mol. The van der Waals surface area contributed by atoms with Gasteiger partial charge in [0, 0.05) is 18.5 Å². The molecule has 3 aromatic rings. The molecule has 0 aliphatic rings. The highest BCUT2D eigenvalue weighted by molar-refractivity contribution is 7.12. The predicted octanol–water partition coefficient (Wildman–Crippen LogP) is 2.82. The largest absolute Gasteiger partial charge is 0.421 e. The number of fused-ring (bicyclic) bond motifs is 1. The van der Waals surface area contributed by atoms with E-state index in [1.807, 2.05) is 24.3 Å². The number of thiophene rings is 1. The molecule has 2 aromatic heterocycles. The van der Waals surface area contributed by atoms with E-state index in [1.165, 1.54) is 22.0 Å². The summed E-state index contributed by atoms with van der Waals surface area (Å²) in [7, 11) is 1.69. The molecule has 0 saturated carbocycles. The van der Waals surface area contributed by atoms with E-state index in [0.29, 0.717) is 10.6 Å². The van der Waals surface area contributed by atoms with Crippen molar-refractivity contribution in [2.75, 3.05) is 0 Å². The summed E-state index contributed by atoms with van der Waals surface area (Å²) in [5.74, 6) is -0.152. The molecule has 0 unspecified atom stereocenters. The minimum atomic E-state index is -0.446. The maximum atomic E-state index is 12.0. The van der Waals surface area contributed by atoms with E-state index in [1.54, 1.807) is 24.6 Å². The number of para-hydroxylation sites is 1. The van der Waals surface area contributed by atoms with Crippen LogP contribution in [0, 0.1) is 0 Å². The average Bonchev–Trinajstić information content (AvgIpc) is 2.99. The number of pyridine rings is 1. The number of benzene rings is 1. The lowest BCUT2D eigenvalue weighted by molar-refractivity contribution is 0.0742. The molecular formula is C15H11NO3S. The SMILES string of the molecule is Cn1c(=O)cc(OC(=O)c2cccs2)c2ccccc21. The number of aromatic nitrogens is 1. The summed E-state index contributed by atoms with van der Waals surface area (Å²) in [6.45, 7) is 0. The Morgan fingerprint density at radius 1 is 1.20 bits per heavy atom. The van der Waals surface area contributed by atoms with Crippen LogP contribution in [0.15, 0.2) is 52.6 Å². The third kappa shape index (κ3) is 2.12. The quantitative estimate of drug-likeness (QED) is 0.680. The van der Waals surface area contributed by atoms with Crippen molar-refractivity contribution in [3.05, 3.63) is 63.1 Å². The molecule has 0 N–H and O–H groups in total. The van der Waals surface area contributed by atoms with Crippen molar-refractivity contribution in [2.45, 2.75) is 0 Å². The van der Waals surface area contributed by atoms with Crippen LogP contribution in [-0.2, 0) is 7.05 Å². The Hall–Kier alpha value is -2.40. The number of hydrogen-bond acceptors (Lipinski definition) is 4. The number of rotatable bonds is 2. The van der Waals surface area contributed by atoms with Crippen molar-refractivity contribution in [3.8, 4) is 5.75 Å². The van der Waals surface area contributed by atoms with Crippen molar-refractivity contribution in [3.63, 3.8) is 0 Å². The van der Waals surface area contributed by atoms with Gasteiger partial charge in [0.05, 0.1) is 5.52 Å². The van der Waals surface area contributed by atoms with Gasteiger partial charge in [-0.2, -0.15) is 0 Å². The molecule has 0 spiro atoms. The molecule has 0 atom stereocenters. The van der Waals surface area contributed by atoms with Crippen LogP contribution in [-0.4, -0.2) is 10.5 Å². The van der Waals surface area contributed by atoms with Crippen LogP contribution in [0.25, 0.3) is 10.9 Å². The van der Waals surface area contributed by atoms with Gasteiger partial charge in [-0.1, -0.05) is 18.2 Å². The van der Waals surface area contributed by atoms with E-state index in [-0.39, 0.29) is 5.56 Å². The lowest BCUT2D eigenvalue weighted by Crippen LogP contribution is -2.17. The van der Waals surface area contributed by atoms with Crippen LogP contribution >= 0.6 is 11.3 Å². The van der Waals surface area contributed by atoms with Gasteiger partial charge in [0.15, 0.2) is 0 Å². The molecule has 3 rings (SSSR count). The predicted molar refractivity (Wildman–Crippen MR) is 78.5 cm³/mol. The molecule has 1 aromatic carbocycles. The summed E-state index contributed by atoms with van der Waals surface area (Å²) in [6.07, 6.45) is 0. The second kappa shape index (κ2) is 4.94. The minimum absolute atomic E-state index is 0.210. The first-order valence-corrected chi connectivity index (χ1v) is 6.89. The van der Waals surface area contributed by atoms with Gasteiger partial charge in [0.2, 0.25) is 0 Å². The zero-order valence-electron chi connectivity index (χ0n) is 10.7. The summed E-state index contributed by atoms with van der Waals surface area (Å²) in [6, 6.07) is 12.1. The summed E-state index contributed by atoms with van der Waals surface area (Å²) in [4.78, 5) is 24.4. The first-order chi connectivity index (χ1) is 9.66. The van der Waals surface area contributed by atoms with Crippen LogP contribution in [0.2, 0.25) is 0 Å². The molecule has 5 heteroatoms. The van der Waals surface area contributed by atoms with E-state index in [9.17, 15) is 9.59 Å². The van der Waals surface area contributed by atoms with Crippen LogP contribution < -0.4 is 10.3 Å². The van der Waals surface area contributed by atoms with Gasteiger partial charge in [0.25, 0.3) is 5.56 Å². The first-order valence-electron chi connectivity index (χ1n) is 6.01. The molecule has 0 saturated heterocycles. The second-order valence-electron chi connectivity index (χ2n) is 4.29. The highest BCUT2D eigenvalue weighted by atomic mass is 32.1. The van der Waals surface area contributed by atoms with Gasteiger partial charge in [-0.3, -0.25) is 4.79 Å². The number of ether oxygens (including phenoxy) is 1. The third-order valence-electron chi connectivity index (χ3n) is 3.04. The zero-order chi connectivity index (χ0) is 14.1. The Kier molecular flexibility index (Phi) is 3.12. The molecule has 0 fully saturated rings. The molecule has 0 bridgehead atoms. The van der Waals surface area contributed by atoms with Gasteiger partial charge in [0.1, 0.15) is 10.6 Å². The van der Waals surface area contributed by atoms with Gasteiger partial charge in [-0.15, -0.1) is 11.3 Å². The Bertz CT molecular complexity index is 834. The van der Waals surface area contributed by atoms with Crippen molar-refractivity contribution in [2.24, 2.45) is 7.05 Å². The maximum Gasteiger partial charge on any atom is 0.353 e. The van der Waals surface area contributed by atoms with Crippen LogP contribution in [0.3, 0.4) is 0 Å². The molecule has 4 nitrogen and oxygen atoms in total. The van der Waals surface area contributed by atoms with E-state index in [2.05, 4.69) is 0 Å². The van der Waals surface area contributed by atoms with Crippen molar-refractivity contribution < 1.29 is 9.53 Å². The second-order valence-corrected chi connectivity index (χ2v) is 5.24. The Morgan fingerprint density at radius 3 is 2.75 bits per heavy atom. The molecular weight excluding hydrogens is 274 g/mol. The highest BCUT2D eigenvalue weighted by Crippen LogP contribution is 2.24. The lowest BCUT2D eigenvalue weighted by atomic mass is 10.2. The Balaban J connectivity index is 2.10. The van der Waals surface area contributed by atoms with Gasteiger partial charge < -0.3 is 9.30 Å². The fourth-order valence-corrected chi connectivity index (χ4v) is 2.61. The number of aryl methyl sites for hydroxylation is 1. The fraction of sp³-hybridized carbons (Fsp3) is 0.0667. The normalized spacial score (nSPS) is 10.7. The van der Waals surface area contributed by atoms with E-state index >= 15 is 0 Å². The monoisotopic (exact) mass is 285 g/mol. The molecule has 100 valence electrons. The summed E-state index contributed by atoms with van der Waals surface area (Å²) >= 11 is 1.31. The van der Waals surface area contributed by atoms with Crippen molar-refractivity contribution in [1.82, 2.24) is 4.57 Å². The molecule has 0 aliphatic carbocycles. The first kappa shape index (κ1) is 12.6. The fourth-order valence-electron chi connectivity index (χ4n) is 2.01. The molecule has 0 aliphatic heterocycles. The summed E-state index contributed by atoms with van der Waals surface area (Å²) in [5.41, 5.74) is 0.520. The number of nitrogens with zero attached hydrogens (tertiary/aromatic N) is 1. The number of hydrogen-bond donors (Lipinski definition) is 0. The molecule has 2 heterocycles. The third-order valence-corrected chi connectivity index (χ3v) is 3.89. The highest BCUT2D eigenvalue weighted by Gasteiger charge is 2.13. The molecule has 0 radical (unpaired) electrons. The van der Waals surface area contributed by atoms with Crippen LogP contribution in [0.5, 0.6) is 5.75 Å². The van der Waals surface area contributed by atoms with Crippen molar-refractivity contribution in [1.29, 1.82) is 0 Å².